The monoisotopic (exact) mass is 260 g/mol. The molecule has 17 heavy (non-hydrogen) atoms. The molecular weight excluding hydrogens is 247 g/mol. The molecule has 0 saturated carbocycles. The van der Waals surface area contributed by atoms with E-state index in [9.17, 15) is 17.6 Å². The Bertz CT molecular complexity index is 534. The molecule has 0 amide bonds. The molecule has 0 radical (unpaired) electrons. The number of carbonyl (C=O) groups is 1. The Morgan fingerprint density at radius 2 is 1.94 bits per heavy atom. The number of rotatable bonds is 4. The van der Waals surface area contributed by atoms with E-state index in [1.54, 1.807) is 0 Å². The number of halogens is 1. The molecule has 0 saturated heterocycles. The summed E-state index contributed by atoms with van der Waals surface area (Å²) in [7, 11) is -2.79. The Balaban J connectivity index is 3.35. The second-order valence-electron chi connectivity index (χ2n) is 3.99. The maximum Gasteiger partial charge on any atom is 0.276 e. The molecule has 6 heteroatoms. The fourth-order valence-electron chi connectivity index (χ4n) is 1.35. The van der Waals surface area contributed by atoms with Crippen molar-refractivity contribution in [1.29, 1.82) is 0 Å². The molecule has 4 nitrogen and oxygen atoms in total. The minimum Gasteiger partial charge on any atom is -0.298 e. The molecule has 0 aliphatic heterocycles. The number of carbonyl (C=O) groups excluding carboxylic acids is 1. The molecule has 0 N–H and O–H groups in total. The van der Waals surface area contributed by atoms with Gasteiger partial charge < -0.3 is 0 Å². The Labute approximate surface area is 99.5 Å². The van der Waals surface area contributed by atoms with Gasteiger partial charge in [-0.15, -0.1) is 0 Å². The van der Waals surface area contributed by atoms with E-state index in [0.717, 1.165) is 13.2 Å². The van der Waals surface area contributed by atoms with Crippen LogP contribution in [-0.2, 0) is 19.0 Å². The van der Waals surface area contributed by atoms with Crippen LogP contribution in [0.2, 0.25) is 0 Å². The van der Waals surface area contributed by atoms with Crippen LogP contribution < -0.4 is 0 Å². The van der Waals surface area contributed by atoms with Crippen LogP contribution in [0.25, 0.3) is 0 Å². The van der Waals surface area contributed by atoms with Gasteiger partial charge in [-0.3, -0.25) is 8.98 Å². The van der Waals surface area contributed by atoms with Gasteiger partial charge in [0.15, 0.2) is 6.29 Å². The van der Waals surface area contributed by atoms with Gasteiger partial charge in [0.25, 0.3) is 10.1 Å². The molecule has 1 aromatic carbocycles. The van der Waals surface area contributed by atoms with E-state index in [4.69, 9.17) is 0 Å². The van der Waals surface area contributed by atoms with Crippen molar-refractivity contribution in [2.24, 2.45) is 0 Å². The lowest BCUT2D eigenvalue weighted by Crippen LogP contribution is -2.30. The molecule has 1 aromatic rings. The van der Waals surface area contributed by atoms with Gasteiger partial charge in [-0.25, -0.2) is 4.39 Å². The first kappa shape index (κ1) is 13.8. The second-order valence-corrected chi connectivity index (χ2v) is 6.25. The molecule has 0 spiro atoms. The van der Waals surface area contributed by atoms with E-state index in [-0.39, 0.29) is 11.1 Å². The molecule has 0 aliphatic carbocycles. The topological polar surface area (TPSA) is 60.4 Å². The maximum absolute atomic E-state index is 13.4. The highest BCUT2D eigenvalue weighted by Crippen LogP contribution is 2.31. The smallest absolute Gasteiger partial charge is 0.276 e. The van der Waals surface area contributed by atoms with Crippen molar-refractivity contribution in [2.75, 3.05) is 7.11 Å². The highest BCUT2D eigenvalue weighted by atomic mass is 32.2. The summed E-state index contributed by atoms with van der Waals surface area (Å²) in [6.45, 7) is 2.81. The average molecular weight is 260 g/mol. The maximum atomic E-state index is 13.4. The first-order valence-electron chi connectivity index (χ1n) is 4.81. The van der Waals surface area contributed by atoms with Crippen molar-refractivity contribution in [2.45, 2.75) is 18.6 Å². The van der Waals surface area contributed by atoms with Gasteiger partial charge in [-0.1, -0.05) is 6.07 Å². The average Bonchev–Trinajstić information content (AvgIpc) is 2.28. The van der Waals surface area contributed by atoms with Crippen molar-refractivity contribution in [3.63, 3.8) is 0 Å². The Kier molecular flexibility index (Phi) is 3.68. The summed E-state index contributed by atoms with van der Waals surface area (Å²) in [5, 5.41) is 0. The van der Waals surface area contributed by atoms with Gasteiger partial charge in [-0.2, -0.15) is 8.42 Å². The lowest BCUT2D eigenvalue weighted by atomic mass is 10.0. The molecule has 0 unspecified atom stereocenters. The zero-order chi connectivity index (χ0) is 13.3. The molecule has 0 aromatic heterocycles. The standard InChI is InChI=1S/C11H13FO4S/c1-11(2,17(14,15)16-3)9-5-4-8(7-13)10(12)6-9/h4-7H,1-3H3. The molecule has 94 valence electrons. The van der Waals surface area contributed by atoms with Gasteiger partial charge in [0, 0.05) is 0 Å². The third-order valence-electron chi connectivity index (χ3n) is 2.67. The van der Waals surface area contributed by atoms with Crippen LogP contribution >= 0.6 is 0 Å². The van der Waals surface area contributed by atoms with E-state index < -0.39 is 20.7 Å². The predicted octanol–water partition coefficient (Wildman–Crippen LogP) is 1.85. The first-order chi connectivity index (χ1) is 7.76. The summed E-state index contributed by atoms with van der Waals surface area (Å²) in [6.07, 6.45) is 0.372. The van der Waals surface area contributed by atoms with Crippen molar-refractivity contribution in [1.82, 2.24) is 0 Å². The highest BCUT2D eigenvalue weighted by Gasteiger charge is 2.36. The van der Waals surface area contributed by atoms with E-state index in [2.05, 4.69) is 4.18 Å². The van der Waals surface area contributed by atoms with Crippen LogP contribution in [0.4, 0.5) is 4.39 Å². The predicted molar refractivity (Wildman–Crippen MR) is 60.7 cm³/mol. The number of hydrogen-bond donors (Lipinski definition) is 0. The van der Waals surface area contributed by atoms with E-state index >= 15 is 0 Å². The largest absolute Gasteiger partial charge is 0.298 e. The second kappa shape index (κ2) is 4.54. The van der Waals surface area contributed by atoms with Crippen LogP contribution in [0.3, 0.4) is 0 Å². The quantitative estimate of drug-likeness (QED) is 0.612. The van der Waals surface area contributed by atoms with Gasteiger partial charge in [0.2, 0.25) is 0 Å². The minimum atomic E-state index is -3.84. The normalized spacial score (nSPS) is 12.5. The van der Waals surface area contributed by atoms with Gasteiger partial charge in [-0.05, 0) is 31.5 Å². The lowest BCUT2D eigenvalue weighted by molar-refractivity contribution is 0.112. The molecule has 1 rings (SSSR count). The van der Waals surface area contributed by atoms with Crippen LogP contribution in [0.5, 0.6) is 0 Å². The van der Waals surface area contributed by atoms with Crippen LogP contribution in [0.1, 0.15) is 29.8 Å². The van der Waals surface area contributed by atoms with Gasteiger partial charge in [0.1, 0.15) is 10.6 Å². The summed E-state index contributed by atoms with van der Waals surface area (Å²) in [4.78, 5) is 10.5. The fourth-order valence-corrected chi connectivity index (χ4v) is 2.18. The summed E-state index contributed by atoms with van der Waals surface area (Å²) in [5.41, 5.74) is 0.113. The zero-order valence-electron chi connectivity index (χ0n) is 9.73. The number of hydrogen-bond acceptors (Lipinski definition) is 4. The van der Waals surface area contributed by atoms with Crippen LogP contribution in [0.15, 0.2) is 18.2 Å². The fraction of sp³-hybridized carbons (Fsp3) is 0.364. The summed E-state index contributed by atoms with van der Waals surface area (Å²) in [5.74, 6) is -0.753. The Hall–Kier alpha value is -1.27. The SMILES string of the molecule is COS(=O)(=O)C(C)(C)c1ccc(C=O)c(F)c1. The van der Waals surface area contributed by atoms with E-state index in [1.807, 2.05) is 0 Å². The molecular formula is C11H13FO4S. The lowest BCUT2D eigenvalue weighted by Gasteiger charge is -2.23. The van der Waals surface area contributed by atoms with E-state index in [1.165, 1.54) is 26.0 Å². The number of aldehydes is 1. The Morgan fingerprint density at radius 1 is 1.35 bits per heavy atom. The summed E-state index contributed by atoms with van der Waals surface area (Å²) in [6, 6.07) is 3.66. The minimum absolute atomic E-state index is 0.112. The summed E-state index contributed by atoms with van der Waals surface area (Å²) >= 11 is 0. The molecule has 0 heterocycles. The third kappa shape index (κ3) is 2.37. The van der Waals surface area contributed by atoms with E-state index in [0.29, 0.717) is 6.29 Å². The van der Waals surface area contributed by atoms with Crippen LogP contribution in [-0.4, -0.2) is 21.8 Å². The first-order valence-corrected chi connectivity index (χ1v) is 6.22. The molecule has 0 fully saturated rings. The van der Waals surface area contributed by atoms with Crippen LogP contribution in [0, 0.1) is 5.82 Å². The van der Waals surface area contributed by atoms with Crippen molar-refractivity contribution >= 4 is 16.4 Å². The van der Waals surface area contributed by atoms with Gasteiger partial charge >= 0.3 is 0 Å². The molecule has 0 aliphatic rings. The zero-order valence-corrected chi connectivity index (χ0v) is 10.5. The Morgan fingerprint density at radius 3 is 2.35 bits per heavy atom. The van der Waals surface area contributed by atoms with Crippen molar-refractivity contribution in [3.8, 4) is 0 Å². The molecule has 0 bridgehead atoms. The van der Waals surface area contributed by atoms with Crippen molar-refractivity contribution in [3.05, 3.63) is 35.1 Å². The van der Waals surface area contributed by atoms with Crippen molar-refractivity contribution < 1.29 is 21.8 Å². The highest BCUT2D eigenvalue weighted by molar-refractivity contribution is 7.87. The third-order valence-corrected chi connectivity index (χ3v) is 4.59. The number of benzene rings is 1. The molecule has 0 atom stereocenters. The van der Waals surface area contributed by atoms with Gasteiger partial charge in [0.05, 0.1) is 12.7 Å². The summed E-state index contributed by atoms with van der Waals surface area (Å²) < 4.78 is 39.8.